The van der Waals surface area contributed by atoms with Gasteiger partial charge >= 0.3 is 0 Å². The van der Waals surface area contributed by atoms with Crippen molar-refractivity contribution in [1.82, 2.24) is 9.55 Å². The lowest BCUT2D eigenvalue weighted by Crippen LogP contribution is -2.22. The van der Waals surface area contributed by atoms with Crippen LogP contribution in [0.1, 0.15) is 29.7 Å². The van der Waals surface area contributed by atoms with Crippen LogP contribution in [-0.2, 0) is 12.8 Å². The predicted octanol–water partition coefficient (Wildman–Crippen LogP) is 5.61. The van der Waals surface area contributed by atoms with Crippen molar-refractivity contribution in [3.8, 4) is 5.69 Å². The van der Waals surface area contributed by atoms with E-state index in [-0.39, 0.29) is 11.5 Å². The van der Waals surface area contributed by atoms with E-state index in [9.17, 15) is 4.79 Å². The first kappa shape index (κ1) is 18.0. The number of thiophene rings is 1. The number of para-hydroxylation sites is 1. The monoisotopic (exact) mass is 436 g/mol. The molecule has 0 bridgehead atoms. The summed E-state index contributed by atoms with van der Waals surface area (Å²) in [5.41, 5.74) is 2.13. The molecule has 0 amide bonds. The SMILES string of the molecule is O=c1c2c3c(sc2nc(SCC2CC2(Cl)Cl)n1-c1ccccc1)CCCC3. The Morgan fingerprint density at radius 1 is 1.22 bits per heavy atom. The summed E-state index contributed by atoms with van der Waals surface area (Å²) in [4.78, 5) is 20.7. The average molecular weight is 437 g/mol. The fourth-order valence-electron chi connectivity index (χ4n) is 3.71. The summed E-state index contributed by atoms with van der Waals surface area (Å²) >= 11 is 15.7. The second-order valence-electron chi connectivity index (χ2n) is 7.23. The van der Waals surface area contributed by atoms with Crippen molar-refractivity contribution < 1.29 is 0 Å². The second-order valence-corrected chi connectivity index (χ2v) is 10.8. The lowest BCUT2D eigenvalue weighted by atomic mass is 9.97. The van der Waals surface area contributed by atoms with E-state index < -0.39 is 4.33 Å². The zero-order valence-corrected chi connectivity index (χ0v) is 17.7. The van der Waals surface area contributed by atoms with E-state index >= 15 is 0 Å². The number of halogens is 2. The van der Waals surface area contributed by atoms with Crippen LogP contribution in [0.25, 0.3) is 15.9 Å². The maximum atomic E-state index is 13.5. The van der Waals surface area contributed by atoms with Gasteiger partial charge < -0.3 is 0 Å². The van der Waals surface area contributed by atoms with E-state index in [0.29, 0.717) is 0 Å². The highest BCUT2D eigenvalue weighted by Gasteiger charge is 2.51. The summed E-state index contributed by atoms with van der Waals surface area (Å²) in [5, 5.41) is 1.55. The minimum atomic E-state index is -0.614. The summed E-state index contributed by atoms with van der Waals surface area (Å²) in [5.74, 6) is 1.02. The first-order valence-electron chi connectivity index (χ1n) is 9.18. The van der Waals surface area contributed by atoms with Gasteiger partial charge in [0.1, 0.15) is 9.16 Å². The fraction of sp³-hybridized carbons (Fsp3) is 0.400. The number of fused-ring (bicyclic) bond motifs is 3. The van der Waals surface area contributed by atoms with Crippen LogP contribution in [0, 0.1) is 5.92 Å². The van der Waals surface area contributed by atoms with Gasteiger partial charge in [-0.2, -0.15) is 0 Å². The van der Waals surface area contributed by atoms with Gasteiger partial charge in [-0.15, -0.1) is 34.5 Å². The zero-order chi connectivity index (χ0) is 18.6. The number of nitrogens with zero attached hydrogens (tertiary/aromatic N) is 2. The standard InChI is InChI=1S/C20H18Cl2N2OS2/c21-20(22)10-12(20)11-26-19-23-17-16(14-8-4-5-9-15(14)27-17)18(25)24(19)13-6-2-1-3-7-13/h1-3,6-7,12H,4-5,8-11H2. The van der Waals surface area contributed by atoms with Crippen molar-refractivity contribution in [3.05, 3.63) is 51.1 Å². The van der Waals surface area contributed by atoms with E-state index in [1.54, 1.807) is 27.7 Å². The van der Waals surface area contributed by atoms with Gasteiger partial charge in [0.05, 0.1) is 11.1 Å². The highest BCUT2D eigenvalue weighted by Crippen LogP contribution is 2.54. The molecule has 1 saturated carbocycles. The van der Waals surface area contributed by atoms with Gasteiger partial charge in [0, 0.05) is 16.5 Å². The van der Waals surface area contributed by atoms with E-state index in [2.05, 4.69) is 0 Å². The number of thioether (sulfide) groups is 1. The summed E-state index contributed by atoms with van der Waals surface area (Å²) in [6.45, 7) is 0. The quantitative estimate of drug-likeness (QED) is 0.302. The molecular weight excluding hydrogens is 419 g/mol. The Kier molecular flexibility index (Phi) is 4.54. The molecule has 3 nitrogen and oxygen atoms in total. The Balaban J connectivity index is 1.66. The first-order valence-corrected chi connectivity index (χ1v) is 11.7. The Hall–Kier alpha value is -1.01. The molecule has 0 saturated heterocycles. The van der Waals surface area contributed by atoms with Crippen molar-refractivity contribution in [1.29, 1.82) is 0 Å². The summed E-state index contributed by atoms with van der Waals surface area (Å²) in [7, 11) is 0. The van der Waals surface area contributed by atoms with Gasteiger partial charge in [0.15, 0.2) is 5.16 Å². The molecule has 27 heavy (non-hydrogen) atoms. The highest BCUT2D eigenvalue weighted by molar-refractivity contribution is 7.99. The molecule has 1 atom stereocenters. The molecule has 0 spiro atoms. The van der Waals surface area contributed by atoms with Crippen LogP contribution >= 0.6 is 46.3 Å². The van der Waals surface area contributed by atoms with E-state index in [0.717, 1.165) is 52.5 Å². The number of aryl methyl sites for hydroxylation is 2. The summed E-state index contributed by atoms with van der Waals surface area (Å²) in [6, 6.07) is 9.78. The molecule has 1 fully saturated rings. The van der Waals surface area contributed by atoms with Gasteiger partial charge in [-0.1, -0.05) is 30.0 Å². The number of hydrogen-bond donors (Lipinski definition) is 0. The molecular formula is C20H18Cl2N2OS2. The lowest BCUT2D eigenvalue weighted by molar-refractivity contribution is 0.699. The molecule has 0 radical (unpaired) electrons. The molecule has 5 rings (SSSR count). The van der Waals surface area contributed by atoms with Crippen LogP contribution in [0.5, 0.6) is 0 Å². The van der Waals surface area contributed by atoms with Crippen molar-refractivity contribution in [3.63, 3.8) is 0 Å². The largest absolute Gasteiger partial charge is 0.268 e. The minimum absolute atomic E-state index is 0.0481. The number of rotatable bonds is 4. The topological polar surface area (TPSA) is 34.9 Å². The van der Waals surface area contributed by atoms with Gasteiger partial charge in [0.25, 0.3) is 5.56 Å². The number of alkyl halides is 2. The Bertz CT molecular complexity index is 1080. The summed E-state index contributed by atoms with van der Waals surface area (Å²) in [6.07, 6.45) is 5.19. The number of aromatic nitrogens is 2. The highest BCUT2D eigenvalue weighted by atomic mass is 35.5. The van der Waals surface area contributed by atoms with Crippen LogP contribution < -0.4 is 5.56 Å². The summed E-state index contributed by atoms with van der Waals surface area (Å²) < 4.78 is 1.15. The van der Waals surface area contributed by atoms with Gasteiger partial charge in [-0.25, -0.2) is 4.98 Å². The normalized spacial score (nSPS) is 20.6. The zero-order valence-electron chi connectivity index (χ0n) is 14.6. The fourth-order valence-corrected chi connectivity index (χ4v) is 6.96. The van der Waals surface area contributed by atoms with E-state index in [4.69, 9.17) is 28.2 Å². The third-order valence-electron chi connectivity index (χ3n) is 5.34. The molecule has 0 N–H and O–H groups in total. The predicted molar refractivity (Wildman–Crippen MR) is 115 cm³/mol. The van der Waals surface area contributed by atoms with Crippen molar-refractivity contribution >= 4 is 56.5 Å². The lowest BCUT2D eigenvalue weighted by Gasteiger charge is -2.13. The molecule has 2 aliphatic carbocycles. The molecule has 1 unspecified atom stereocenters. The molecule has 2 aromatic heterocycles. The molecule has 7 heteroatoms. The third kappa shape index (κ3) is 3.23. The molecule has 1 aromatic carbocycles. The molecule has 2 heterocycles. The Labute approximate surface area is 175 Å². The van der Waals surface area contributed by atoms with Crippen LogP contribution in [0.4, 0.5) is 0 Å². The van der Waals surface area contributed by atoms with Crippen LogP contribution in [-0.4, -0.2) is 19.6 Å². The first-order chi connectivity index (χ1) is 13.0. The molecule has 3 aromatic rings. The van der Waals surface area contributed by atoms with Crippen molar-refractivity contribution in [2.75, 3.05) is 5.75 Å². The molecule has 2 aliphatic rings. The average Bonchev–Trinajstić information content (AvgIpc) is 3.10. The Morgan fingerprint density at radius 3 is 2.70 bits per heavy atom. The van der Waals surface area contributed by atoms with Gasteiger partial charge in [0.2, 0.25) is 0 Å². The number of benzene rings is 1. The van der Waals surface area contributed by atoms with E-state index in [1.807, 2.05) is 30.3 Å². The maximum Gasteiger partial charge on any atom is 0.267 e. The number of hydrogen-bond acceptors (Lipinski definition) is 4. The van der Waals surface area contributed by atoms with Gasteiger partial charge in [-0.05, 0) is 49.8 Å². The van der Waals surface area contributed by atoms with Crippen molar-refractivity contribution in [2.24, 2.45) is 5.92 Å². The molecule has 0 aliphatic heterocycles. The van der Waals surface area contributed by atoms with Gasteiger partial charge in [-0.3, -0.25) is 9.36 Å². The minimum Gasteiger partial charge on any atom is -0.268 e. The van der Waals surface area contributed by atoms with Crippen LogP contribution in [0.2, 0.25) is 0 Å². The molecule has 140 valence electrons. The third-order valence-corrected chi connectivity index (χ3v) is 8.55. The Morgan fingerprint density at radius 2 is 1.96 bits per heavy atom. The van der Waals surface area contributed by atoms with E-state index in [1.165, 1.54) is 16.9 Å². The van der Waals surface area contributed by atoms with Crippen LogP contribution in [0.15, 0.2) is 40.3 Å². The maximum absolute atomic E-state index is 13.5. The second kappa shape index (κ2) is 6.80. The van der Waals surface area contributed by atoms with Crippen molar-refractivity contribution in [2.45, 2.75) is 41.6 Å². The smallest absolute Gasteiger partial charge is 0.267 e. The van der Waals surface area contributed by atoms with Crippen LogP contribution in [0.3, 0.4) is 0 Å².